The predicted molar refractivity (Wildman–Crippen MR) is 55.1 cm³/mol. The Morgan fingerprint density at radius 2 is 1.93 bits per heavy atom. The van der Waals surface area contributed by atoms with Crippen molar-refractivity contribution < 1.29 is 22.3 Å². The molecule has 7 heteroatoms. The van der Waals surface area contributed by atoms with E-state index in [1.165, 1.54) is 6.07 Å². The molecule has 0 aliphatic carbocycles. The van der Waals surface area contributed by atoms with E-state index in [9.17, 15) is 17.6 Å². The minimum absolute atomic E-state index is 0.0231. The predicted octanol–water partition coefficient (Wildman–Crippen LogP) is 2.95. The average Bonchev–Trinajstić information content (AvgIpc) is 2.07. The van der Waals surface area contributed by atoms with Crippen LogP contribution >= 0.6 is 22.6 Å². The van der Waals surface area contributed by atoms with Crippen molar-refractivity contribution in [3.63, 3.8) is 0 Å². The monoisotopic (exact) mass is 335 g/mol. The highest BCUT2D eigenvalue weighted by Crippen LogP contribution is 2.27. The molecular formula is C8H6F4INO. The van der Waals surface area contributed by atoms with Gasteiger partial charge in [-0.05, 0) is 28.7 Å². The first-order valence-electron chi connectivity index (χ1n) is 3.73. The van der Waals surface area contributed by atoms with Crippen molar-refractivity contribution in [2.24, 2.45) is 0 Å². The Morgan fingerprint density at radius 3 is 2.47 bits per heavy atom. The molecule has 0 aromatic heterocycles. The zero-order valence-corrected chi connectivity index (χ0v) is 9.39. The van der Waals surface area contributed by atoms with Crippen molar-refractivity contribution in [1.29, 1.82) is 0 Å². The van der Waals surface area contributed by atoms with Crippen LogP contribution in [0.1, 0.15) is 0 Å². The number of ether oxygens (including phenoxy) is 1. The number of rotatable bonds is 2. The summed E-state index contributed by atoms with van der Waals surface area (Å²) in [5.41, 5.74) is 5.33. The number of nitrogen functional groups attached to an aromatic ring is 1. The second-order valence-electron chi connectivity index (χ2n) is 2.71. The second-order valence-corrected chi connectivity index (χ2v) is 3.87. The minimum Gasteiger partial charge on any atom is -0.482 e. The molecule has 0 amide bonds. The Morgan fingerprint density at radius 1 is 1.33 bits per heavy atom. The Labute approximate surface area is 96.5 Å². The third kappa shape index (κ3) is 3.73. The number of alkyl halides is 3. The van der Waals surface area contributed by atoms with Gasteiger partial charge in [0.25, 0.3) is 0 Å². The van der Waals surface area contributed by atoms with E-state index < -0.39 is 18.6 Å². The smallest absolute Gasteiger partial charge is 0.422 e. The fraction of sp³-hybridized carbons (Fsp3) is 0.250. The van der Waals surface area contributed by atoms with E-state index in [2.05, 4.69) is 4.74 Å². The quantitative estimate of drug-likeness (QED) is 0.512. The van der Waals surface area contributed by atoms with Gasteiger partial charge in [-0.1, -0.05) is 0 Å². The van der Waals surface area contributed by atoms with E-state index in [0.717, 1.165) is 6.07 Å². The van der Waals surface area contributed by atoms with Crippen LogP contribution in [0.4, 0.5) is 23.2 Å². The van der Waals surface area contributed by atoms with Gasteiger partial charge in [-0.3, -0.25) is 0 Å². The number of benzene rings is 1. The number of anilines is 1. The Hall–Kier alpha value is -0.730. The standard InChI is InChI=1S/C8H6F4INO/c9-4-1-7(6(14)2-5(4)13)15-3-8(10,11)12/h1-2H,3,14H2. The lowest BCUT2D eigenvalue weighted by molar-refractivity contribution is -0.153. The largest absolute Gasteiger partial charge is 0.482 e. The van der Waals surface area contributed by atoms with Gasteiger partial charge < -0.3 is 10.5 Å². The van der Waals surface area contributed by atoms with Gasteiger partial charge in [0.1, 0.15) is 11.6 Å². The Balaban J connectivity index is 2.82. The molecule has 2 N–H and O–H groups in total. The highest BCUT2D eigenvalue weighted by atomic mass is 127. The highest BCUT2D eigenvalue weighted by Gasteiger charge is 2.28. The molecule has 1 rings (SSSR count). The van der Waals surface area contributed by atoms with Gasteiger partial charge in [0.15, 0.2) is 6.61 Å². The topological polar surface area (TPSA) is 35.2 Å². The second kappa shape index (κ2) is 4.42. The van der Waals surface area contributed by atoms with Crippen LogP contribution in [0, 0.1) is 9.39 Å². The van der Waals surface area contributed by atoms with Crippen LogP contribution in [0.3, 0.4) is 0 Å². The Bertz CT molecular complexity index is 366. The number of nitrogens with two attached hydrogens (primary N) is 1. The van der Waals surface area contributed by atoms with Gasteiger partial charge in [-0.25, -0.2) is 4.39 Å². The van der Waals surface area contributed by atoms with Gasteiger partial charge >= 0.3 is 6.18 Å². The molecule has 0 unspecified atom stereocenters. The molecule has 1 aromatic carbocycles. The summed E-state index contributed by atoms with van der Waals surface area (Å²) in [6.07, 6.45) is -4.47. The first kappa shape index (κ1) is 12.3. The van der Waals surface area contributed by atoms with E-state index in [1.54, 1.807) is 22.6 Å². The minimum atomic E-state index is -4.47. The lowest BCUT2D eigenvalue weighted by atomic mass is 10.3. The van der Waals surface area contributed by atoms with Crippen molar-refractivity contribution in [3.8, 4) is 5.75 Å². The van der Waals surface area contributed by atoms with E-state index in [4.69, 9.17) is 5.73 Å². The first-order valence-corrected chi connectivity index (χ1v) is 4.81. The third-order valence-electron chi connectivity index (χ3n) is 1.44. The van der Waals surface area contributed by atoms with Crippen LogP contribution in [-0.2, 0) is 0 Å². The Kier molecular flexibility index (Phi) is 3.63. The normalized spacial score (nSPS) is 11.5. The summed E-state index contributed by atoms with van der Waals surface area (Å²) >= 11 is 1.68. The molecule has 0 saturated heterocycles. The molecule has 15 heavy (non-hydrogen) atoms. The summed E-state index contributed by atoms with van der Waals surface area (Å²) in [4.78, 5) is 0. The van der Waals surface area contributed by atoms with E-state index in [-0.39, 0.29) is 15.0 Å². The maximum absolute atomic E-state index is 13.0. The molecule has 0 aliphatic heterocycles. The molecule has 0 atom stereocenters. The van der Waals surface area contributed by atoms with Crippen LogP contribution in [0.5, 0.6) is 5.75 Å². The van der Waals surface area contributed by atoms with Crippen LogP contribution in [0.15, 0.2) is 12.1 Å². The summed E-state index contributed by atoms with van der Waals surface area (Å²) in [6, 6.07) is 2.05. The van der Waals surface area contributed by atoms with Crippen LogP contribution in [-0.4, -0.2) is 12.8 Å². The summed E-state index contributed by atoms with van der Waals surface area (Å²) in [5.74, 6) is -0.966. The molecule has 0 radical (unpaired) electrons. The first-order chi connectivity index (χ1) is 6.79. The maximum atomic E-state index is 13.0. The van der Waals surface area contributed by atoms with Crippen molar-refractivity contribution in [1.82, 2.24) is 0 Å². The number of halogens is 5. The number of hydrogen-bond donors (Lipinski definition) is 1. The summed E-state index contributed by atoms with van der Waals surface area (Å²) in [5, 5.41) is 0. The molecule has 0 heterocycles. The summed E-state index contributed by atoms with van der Waals surface area (Å²) in [6.45, 7) is -1.49. The summed E-state index contributed by atoms with van der Waals surface area (Å²) in [7, 11) is 0. The van der Waals surface area contributed by atoms with E-state index >= 15 is 0 Å². The molecular weight excluding hydrogens is 329 g/mol. The SMILES string of the molecule is Nc1cc(I)c(F)cc1OCC(F)(F)F. The van der Waals surface area contributed by atoms with Crippen molar-refractivity contribution >= 4 is 28.3 Å². The van der Waals surface area contributed by atoms with Gasteiger partial charge in [-0.2, -0.15) is 13.2 Å². The molecule has 0 bridgehead atoms. The van der Waals surface area contributed by atoms with Gasteiger partial charge in [0.05, 0.1) is 9.26 Å². The average molecular weight is 335 g/mol. The molecule has 0 saturated carbocycles. The van der Waals surface area contributed by atoms with Crippen molar-refractivity contribution in [2.75, 3.05) is 12.3 Å². The van der Waals surface area contributed by atoms with Gasteiger partial charge in [0.2, 0.25) is 0 Å². The van der Waals surface area contributed by atoms with Gasteiger partial charge in [0, 0.05) is 6.07 Å². The number of hydrogen-bond acceptors (Lipinski definition) is 2. The molecule has 1 aromatic rings. The molecule has 84 valence electrons. The van der Waals surface area contributed by atoms with E-state index in [0.29, 0.717) is 0 Å². The zero-order chi connectivity index (χ0) is 11.6. The fourth-order valence-corrected chi connectivity index (χ4v) is 1.32. The summed E-state index contributed by atoms with van der Waals surface area (Å²) < 4.78 is 52.9. The van der Waals surface area contributed by atoms with Crippen LogP contribution in [0.25, 0.3) is 0 Å². The van der Waals surface area contributed by atoms with E-state index in [1.807, 2.05) is 0 Å². The molecule has 0 fully saturated rings. The fourth-order valence-electron chi connectivity index (χ4n) is 0.829. The molecule has 0 spiro atoms. The lowest BCUT2D eigenvalue weighted by Gasteiger charge is -2.11. The maximum Gasteiger partial charge on any atom is 0.422 e. The zero-order valence-electron chi connectivity index (χ0n) is 7.24. The van der Waals surface area contributed by atoms with Gasteiger partial charge in [-0.15, -0.1) is 0 Å². The third-order valence-corrected chi connectivity index (χ3v) is 2.27. The van der Waals surface area contributed by atoms with Crippen molar-refractivity contribution in [3.05, 3.63) is 21.5 Å². The molecule has 0 aliphatic rings. The van der Waals surface area contributed by atoms with Crippen molar-refractivity contribution in [2.45, 2.75) is 6.18 Å². The molecule has 2 nitrogen and oxygen atoms in total. The highest BCUT2D eigenvalue weighted by molar-refractivity contribution is 14.1. The lowest BCUT2D eigenvalue weighted by Crippen LogP contribution is -2.19. The van der Waals surface area contributed by atoms with Crippen LogP contribution < -0.4 is 10.5 Å². The van der Waals surface area contributed by atoms with Crippen LogP contribution in [0.2, 0.25) is 0 Å².